The number of hydrogen-bond acceptors (Lipinski definition) is 2. The van der Waals surface area contributed by atoms with Crippen LogP contribution in [0.4, 0.5) is 0 Å². The summed E-state index contributed by atoms with van der Waals surface area (Å²) >= 11 is 1.94. The van der Waals surface area contributed by atoms with E-state index in [0.29, 0.717) is 11.5 Å². The molecule has 0 radical (unpaired) electrons. The van der Waals surface area contributed by atoms with Crippen LogP contribution in [0.25, 0.3) is 0 Å². The first kappa shape index (κ1) is 14.9. The second-order valence-electron chi connectivity index (χ2n) is 6.59. The predicted molar refractivity (Wildman–Crippen MR) is 86.8 cm³/mol. The number of rotatable bonds is 5. The van der Waals surface area contributed by atoms with E-state index in [9.17, 15) is 0 Å². The molecule has 0 saturated heterocycles. The van der Waals surface area contributed by atoms with Gasteiger partial charge in [-0.15, -0.1) is 0 Å². The van der Waals surface area contributed by atoms with Crippen LogP contribution in [0, 0.1) is 11.3 Å². The minimum Gasteiger partial charge on any atom is -0.309 e. The van der Waals surface area contributed by atoms with E-state index in [4.69, 9.17) is 0 Å². The zero-order valence-electron chi connectivity index (χ0n) is 12.7. The van der Waals surface area contributed by atoms with E-state index in [1.165, 1.54) is 29.7 Å². The van der Waals surface area contributed by atoms with Gasteiger partial charge in [0.1, 0.15) is 0 Å². The maximum Gasteiger partial charge on any atom is 0.0374 e. The molecule has 0 saturated carbocycles. The highest BCUT2D eigenvalue weighted by Gasteiger charge is 2.35. The molecule has 0 aliphatic heterocycles. The number of benzene rings is 1. The van der Waals surface area contributed by atoms with Crippen molar-refractivity contribution in [3.8, 4) is 0 Å². The summed E-state index contributed by atoms with van der Waals surface area (Å²) < 4.78 is 0. The normalized spacial score (nSPS) is 22.8. The Kier molecular flexibility index (Phi) is 4.97. The van der Waals surface area contributed by atoms with Crippen LogP contribution in [0.15, 0.2) is 24.3 Å². The molecule has 1 aromatic rings. The van der Waals surface area contributed by atoms with Gasteiger partial charge in [0.15, 0.2) is 0 Å². The van der Waals surface area contributed by atoms with E-state index >= 15 is 0 Å². The Hall–Kier alpha value is -0.470. The van der Waals surface area contributed by atoms with Gasteiger partial charge in [0, 0.05) is 6.04 Å². The standard InChI is InChI=1S/C17H27NS/c1-13(12-19-4)11-18-16-15-8-6-5-7-14(15)9-10-17(16,2)3/h5-8,13,16,18H,9-12H2,1-4H3. The Morgan fingerprint density at radius 1 is 1.37 bits per heavy atom. The van der Waals surface area contributed by atoms with Crippen molar-refractivity contribution < 1.29 is 0 Å². The van der Waals surface area contributed by atoms with Gasteiger partial charge in [0.25, 0.3) is 0 Å². The minimum absolute atomic E-state index is 0.355. The molecule has 2 unspecified atom stereocenters. The molecule has 2 rings (SSSR count). The van der Waals surface area contributed by atoms with Crippen molar-refractivity contribution in [1.29, 1.82) is 0 Å². The second kappa shape index (κ2) is 6.32. The average molecular weight is 277 g/mol. The molecule has 1 N–H and O–H groups in total. The molecule has 0 spiro atoms. The van der Waals surface area contributed by atoms with Crippen LogP contribution in [0.2, 0.25) is 0 Å². The van der Waals surface area contributed by atoms with Gasteiger partial charge in [-0.05, 0) is 53.9 Å². The number of hydrogen-bond donors (Lipinski definition) is 1. The first-order valence-electron chi connectivity index (χ1n) is 7.34. The summed E-state index contributed by atoms with van der Waals surface area (Å²) in [7, 11) is 0. The fraction of sp³-hybridized carbons (Fsp3) is 0.647. The number of thioether (sulfide) groups is 1. The summed E-state index contributed by atoms with van der Waals surface area (Å²) in [5, 5.41) is 3.84. The molecule has 0 aromatic heterocycles. The van der Waals surface area contributed by atoms with Gasteiger partial charge in [-0.3, -0.25) is 0 Å². The molecular weight excluding hydrogens is 250 g/mol. The first-order valence-corrected chi connectivity index (χ1v) is 8.74. The maximum absolute atomic E-state index is 3.84. The number of nitrogens with one attached hydrogen (secondary N) is 1. The lowest BCUT2D eigenvalue weighted by molar-refractivity contribution is 0.205. The van der Waals surface area contributed by atoms with Crippen molar-refractivity contribution >= 4 is 11.8 Å². The van der Waals surface area contributed by atoms with E-state index in [2.05, 4.69) is 56.6 Å². The lowest BCUT2D eigenvalue weighted by Crippen LogP contribution is -2.40. The van der Waals surface area contributed by atoms with Crippen molar-refractivity contribution in [2.24, 2.45) is 11.3 Å². The summed E-state index contributed by atoms with van der Waals surface area (Å²) in [6.45, 7) is 8.26. The molecule has 0 heterocycles. The van der Waals surface area contributed by atoms with Crippen molar-refractivity contribution in [3.05, 3.63) is 35.4 Å². The monoisotopic (exact) mass is 277 g/mol. The third-order valence-electron chi connectivity index (χ3n) is 4.31. The SMILES string of the molecule is CSCC(C)CNC1c2ccccc2CCC1(C)C. The van der Waals surface area contributed by atoms with E-state index in [0.717, 1.165) is 12.5 Å². The molecular formula is C17H27NS. The van der Waals surface area contributed by atoms with E-state index in [1.807, 2.05) is 11.8 Å². The van der Waals surface area contributed by atoms with Gasteiger partial charge in [-0.1, -0.05) is 45.0 Å². The summed E-state index contributed by atoms with van der Waals surface area (Å²) in [6.07, 6.45) is 4.69. The highest BCUT2D eigenvalue weighted by molar-refractivity contribution is 7.98. The fourth-order valence-electron chi connectivity index (χ4n) is 3.11. The third-order valence-corrected chi connectivity index (χ3v) is 5.21. The Labute approximate surface area is 122 Å². The van der Waals surface area contributed by atoms with Crippen LogP contribution in [-0.2, 0) is 6.42 Å². The highest BCUT2D eigenvalue weighted by Crippen LogP contribution is 2.43. The molecule has 1 nitrogen and oxygen atoms in total. The van der Waals surface area contributed by atoms with Crippen molar-refractivity contribution in [2.45, 2.75) is 39.7 Å². The van der Waals surface area contributed by atoms with Gasteiger partial charge in [-0.25, -0.2) is 0 Å². The van der Waals surface area contributed by atoms with Gasteiger partial charge in [0.2, 0.25) is 0 Å². The quantitative estimate of drug-likeness (QED) is 0.861. The molecule has 0 amide bonds. The Morgan fingerprint density at radius 2 is 2.11 bits per heavy atom. The summed E-state index contributed by atoms with van der Waals surface area (Å²) in [5.74, 6) is 1.97. The van der Waals surface area contributed by atoms with E-state index in [-0.39, 0.29) is 0 Å². The third kappa shape index (κ3) is 3.55. The zero-order valence-corrected chi connectivity index (χ0v) is 13.5. The first-order chi connectivity index (χ1) is 9.04. The van der Waals surface area contributed by atoms with Crippen molar-refractivity contribution in [2.75, 3.05) is 18.6 Å². The molecule has 1 aromatic carbocycles. The van der Waals surface area contributed by atoms with Crippen molar-refractivity contribution in [3.63, 3.8) is 0 Å². The van der Waals surface area contributed by atoms with Crippen LogP contribution < -0.4 is 5.32 Å². The zero-order chi connectivity index (χ0) is 13.9. The fourth-order valence-corrected chi connectivity index (χ4v) is 3.80. The molecule has 2 heteroatoms. The lowest BCUT2D eigenvalue weighted by atomic mass is 9.70. The largest absolute Gasteiger partial charge is 0.309 e. The second-order valence-corrected chi connectivity index (χ2v) is 7.50. The molecule has 106 valence electrons. The van der Waals surface area contributed by atoms with E-state index < -0.39 is 0 Å². The smallest absolute Gasteiger partial charge is 0.0374 e. The maximum atomic E-state index is 3.84. The lowest BCUT2D eigenvalue weighted by Gasteiger charge is -2.41. The summed E-state index contributed by atoms with van der Waals surface area (Å²) in [6, 6.07) is 9.46. The summed E-state index contributed by atoms with van der Waals surface area (Å²) in [4.78, 5) is 0. The summed E-state index contributed by atoms with van der Waals surface area (Å²) in [5.41, 5.74) is 3.42. The molecule has 1 aliphatic carbocycles. The Morgan fingerprint density at radius 3 is 2.84 bits per heavy atom. The van der Waals surface area contributed by atoms with Crippen LogP contribution in [-0.4, -0.2) is 18.6 Å². The average Bonchev–Trinajstić information content (AvgIpc) is 2.37. The van der Waals surface area contributed by atoms with Gasteiger partial charge in [-0.2, -0.15) is 11.8 Å². The van der Waals surface area contributed by atoms with Crippen LogP contribution in [0.3, 0.4) is 0 Å². The minimum atomic E-state index is 0.355. The topological polar surface area (TPSA) is 12.0 Å². The number of fused-ring (bicyclic) bond motifs is 1. The Balaban J connectivity index is 2.12. The van der Waals surface area contributed by atoms with Crippen LogP contribution in [0.5, 0.6) is 0 Å². The number of aryl methyl sites for hydroxylation is 1. The van der Waals surface area contributed by atoms with Crippen LogP contribution >= 0.6 is 11.8 Å². The molecule has 2 atom stereocenters. The van der Waals surface area contributed by atoms with Gasteiger partial charge < -0.3 is 5.32 Å². The van der Waals surface area contributed by atoms with Crippen molar-refractivity contribution in [1.82, 2.24) is 5.32 Å². The molecule has 1 aliphatic rings. The molecule has 0 fully saturated rings. The van der Waals surface area contributed by atoms with Gasteiger partial charge >= 0.3 is 0 Å². The molecule has 19 heavy (non-hydrogen) atoms. The highest BCUT2D eigenvalue weighted by atomic mass is 32.2. The predicted octanol–water partition coefficient (Wildman–Crippen LogP) is 4.29. The van der Waals surface area contributed by atoms with Crippen LogP contribution in [0.1, 0.15) is 44.4 Å². The van der Waals surface area contributed by atoms with Gasteiger partial charge in [0.05, 0.1) is 0 Å². The molecule has 0 bridgehead atoms. The Bertz CT molecular complexity index is 413. The van der Waals surface area contributed by atoms with E-state index in [1.54, 1.807) is 0 Å².